The molecule has 1 aromatic heterocycles. The Labute approximate surface area is 94.3 Å². The lowest BCUT2D eigenvalue weighted by Gasteiger charge is -2.08. The number of para-hydroxylation sites is 1. The molecule has 2 rings (SSSR count). The van der Waals surface area contributed by atoms with Crippen LogP contribution in [0.25, 0.3) is 0 Å². The third-order valence-electron chi connectivity index (χ3n) is 2.25. The van der Waals surface area contributed by atoms with E-state index in [0.717, 1.165) is 11.1 Å². The molecule has 0 bridgehead atoms. The monoisotopic (exact) mass is 215 g/mol. The van der Waals surface area contributed by atoms with Crippen LogP contribution in [-0.2, 0) is 6.61 Å². The van der Waals surface area contributed by atoms with Gasteiger partial charge < -0.3 is 9.84 Å². The first-order chi connectivity index (χ1) is 7.79. The molecule has 0 atom stereocenters. The lowest BCUT2D eigenvalue weighted by molar-refractivity contribution is 0.276. The molecule has 0 amide bonds. The number of benzene rings is 1. The van der Waals surface area contributed by atoms with Gasteiger partial charge in [-0.15, -0.1) is 0 Å². The van der Waals surface area contributed by atoms with E-state index >= 15 is 0 Å². The average molecular weight is 215 g/mol. The van der Waals surface area contributed by atoms with E-state index in [2.05, 4.69) is 4.98 Å². The van der Waals surface area contributed by atoms with Gasteiger partial charge in [-0.05, 0) is 24.6 Å². The highest BCUT2D eigenvalue weighted by atomic mass is 16.5. The van der Waals surface area contributed by atoms with Crippen molar-refractivity contribution in [2.75, 3.05) is 0 Å². The number of aromatic nitrogens is 1. The van der Waals surface area contributed by atoms with Crippen molar-refractivity contribution < 1.29 is 9.84 Å². The van der Waals surface area contributed by atoms with Crippen molar-refractivity contribution in [2.45, 2.75) is 13.5 Å². The van der Waals surface area contributed by atoms with Crippen LogP contribution in [0, 0.1) is 6.92 Å². The highest BCUT2D eigenvalue weighted by Crippen LogP contribution is 2.23. The summed E-state index contributed by atoms with van der Waals surface area (Å²) in [7, 11) is 0. The van der Waals surface area contributed by atoms with Crippen molar-refractivity contribution in [2.24, 2.45) is 0 Å². The number of hydrogen-bond donors (Lipinski definition) is 1. The molecule has 1 N–H and O–H groups in total. The van der Waals surface area contributed by atoms with Gasteiger partial charge in [0.1, 0.15) is 5.75 Å². The highest BCUT2D eigenvalue weighted by Gasteiger charge is 2.03. The minimum atomic E-state index is -0.0397. The number of pyridine rings is 1. The van der Waals surface area contributed by atoms with Gasteiger partial charge in [-0.3, -0.25) is 0 Å². The van der Waals surface area contributed by atoms with Crippen LogP contribution in [0.2, 0.25) is 0 Å². The summed E-state index contributed by atoms with van der Waals surface area (Å²) in [4.78, 5) is 4.11. The number of ether oxygens (including phenoxy) is 1. The molecule has 1 aromatic carbocycles. The maximum absolute atomic E-state index is 9.15. The van der Waals surface area contributed by atoms with Gasteiger partial charge in [0, 0.05) is 17.8 Å². The van der Waals surface area contributed by atoms with Crippen molar-refractivity contribution >= 4 is 0 Å². The second kappa shape index (κ2) is 4.77. The summed E-state index contributed by atoms with van der Waals surface area (Å²) in [5, 5.41) is 9.15. The van der Waals surface area contributed by atoms with E-state index in [1.807, 2.05) is 43.3 Å². The summed E-state index contributed by atoms with van der Waals surface area (Å²) >= 11 is 0. The molecule has 0 aliphatic heterocycles. The average Bonchev–Trinajstić information content (AvgIpc) is 2.30. The van der Waals surface area contributed by atoms with Gasteiger partial charge >= 0.3 is 0 Å². The van der Waals surface area contributed by atoms with Crippen LogP contribution in [0.1, 0.15) is 11.1 Å². The predicted octanol–water partition coefficient (Wildman–Crippen LogP) is 2.67. The van der Waals surface area contributed by atoms with E-state index in [4.69, 9.17) is 9.84 Å². The van der Waals surface area contributed by atoms with Crippen molar-refractivity contribution in [3.05, 3.63) is 53.7 Å². The zero-order chi connectivity index (χ0) is 11.4. The molecule has 0 saturated heterocycles. The number of rotatable bonds is 3. The predicted molar refractivity (Wildman–Crippen MR) is 61.4 cm³/mol. The van der Waals surface area contributed by atoms with Gasteiger partial charge in [0.05, 0.1) is 6.61 Å². The fourth-order valence-electron chi connectivity index (χ4n) is 1.41. The number of aliphatic hydroxyl groups is 1. The van der Waals surface area contributed by atoms with E-state index in [1.54, 1.807) is 6.20 Å². The highest BCUT2D eigenvalue weighted by molar-refractivity contribution is 5.36. The summed E-state index contributed by atoms with van der Waals surface area (Å²) < 4.78 is 5.61. The molecule has 0 unspecified atom stereocenters. The number of aryl methyl sites for hydroxylation is 1. The molecule has 3 nitrogen and oxygen atoms in total. The Hall–Kier alpha value is -1.87. The van der Waals surface area contributed by atoms with Crippen LogP contribution in [-0.4, -0.2) is 10.1 Å². The second-order valence-electron chi connectivity index (χ2n) is 3.54. The Bertz CT molecular complexity index is 483. The molecule has 16 heavy (non-hydrogen) atoms. The summed E-state index contributed by atoms with van der Waals surface area (Å²) in [6, 6.07) is 11.1. The van der Waals surface area contributed by atoms with Crippen LogP contribution < -0.4 is 4.74 Å². The standard InChI is InChI=1S/C13H13NO2/c1-10-6-7-14-13(8-10)16-12-5-3-2-4-11(12)9-15/h2-8,15H,9H2,1H3. The van der Waals surface area contributed by atoms with Crippen LogP contribution in [0.15, 0.2) is 42.6 Å². The smallest absolute Gasteiger partial charge is 0.219 e. The van der Waals surface area contributed by atoms with E-state index < -0.39 is 0 Å². The van der Waals surface area contributed by atoms with Gasteiger partial charge in [-0.25, -0.2) is 4.98 Å². The number of hydrogen-bond acceptors (Lipinski definition) is 3. The number of nitrogens with zero attached hydrogens (tertiary/aromatic N) is 1. The Kier molecular flexibility index (Phi) is 3.17. The Balaban J connectivity index is 2.26. The quantitative estimate of drug-likeness (QED) is 0.855. The first-order valence-electron chi connectivity index (χ1n) is 5.09. The van der Waals surface area contributed by atoms with Crippen molar-refractivity contribution in [1.82, 2.24) is 4.98 Å². The fraction of sp³-hybridized carbons (Fsp3) is 0.154. The Morgan fingerprint density at radius 3 is 2.81 bits per heavy atom. The normalized spacial score (nSPS) is 10.1. The molecule has 82 valence electrons. The number of aliphatic hydroxyl groups excluding tert-OH is 1. The van der Waals surface area contributed by atoms with Gasteiger partial charge in [-0.1, -0.05) is 18.2 Å². The summed E-state index contributed by atoms with van der Waals surface area (Å²) in [6.07, 6.45) is 1.70. The van der Waals surface area contributed by atoms with Crippen LogP contribution >= 0.6 is 0 Å². The molecule has 0 aliphatic rings. The first-order valence-corrected chi connectivity index (χ1v) is 5.09. The zero-order valence-electron chi connectivity index (χ0n) is 9.05. The zero-order valence-corrected chi connectivity index (χ0v) is 9.05. The molecular weight excluding hydrogens is 202 g/mol. The maximum atomic E-state index is 9.15. The minimum Gasteiger partial charge on any atom is -0.439 e. The molecule has 0 spiro atoms. The minimum absolute atomic E-state index is 0.0397. The third-order valence-corrected chi connectivity index (χ3v) is 2.25. The van der Waals surface area contributed by atoms with Gasteiger partial charge in [0.25, 0.3) is 0 Å². The van der Waals surface area contributed by atoms with Crippen molar-refractivity contribution in [1.29, 1.82) is 0 Å². The van der Waals surface area contributed by atoms with E-state index in [9.17, 15) is 0 Å². The van der Waals surface area contributed by atoms with Crippen molar-refractivity contribution in [3.8, 4) is 11.6 Å². The molecular formula is C13H13NO2. The van der Waals surface area contributed by atoms with Gasteiger partial charge in [0.2, 0.25) is 5.88 Å². The maximum Gasteiger partial charge on any atom is 0.219 e. The van der Waals surface area contributed by atoms with Gasteiger partial charge in [0.15, 0.2) is 0 Å². The molecule has 2 aromatic rings. The summed E-state index contributed by atoms with van der Waals surface area (Å²) in [6.45, 7) is 1.94. The third kappa shape index (κ3) is 2.38. The summed E-state index contributed by atoms with van der Waals surface area (Å²) in [5.41, 5.74) is 1.84. The van der Waals surface area contributed by atoms with Crippen LogP contribution in [0.3, 0.4) is 0 Å². The molecule has 0 aliphatic carbocycles. The lowest BCUT2D eigenvalue weighted by atomic mass is 10.2. The van der Waals surface area contributed by atoms with E-state index in [-0.39, 0.29) is 6.61 Å². The molecule has 1 heterocycles. The molecule has 0 radical (unpaired) electrons. The van der Waals surface area contributed by atoms with Gasteiger partial charge in [-0.2, -0.15) is 0 Å². The lowest BCUT2D eigenvalue weighted by Crippen LogP contribution is -1.93. The van der Waals surface area contributed by atoms with Crippen molar-refractivity contribution in [3.63, 3.8) is 0 Å². The van der Waals surface area contributed by atoms with Crippen LogP contribution in [0.4, 0.5) is 0 Å². The largest absolute Gasteiger partial charge is 0.439 e. The first kappa shape index (κ1) is 10.6. The molecule has 3 heteroatoms. The topological polar surface area (TPSA) is 42.4 Å². The Morgan fingerprint density at radius 1 is 1.25 bits per heavy atom. The van der Waals surface area contributed by atoms with Crippen LogP contribution in [0.5, 0.6) is 11.6 Å². The van der Waals surface area contributed by atoms with E-state index in [1.165, 1.54) is 0 Å². The summed E-state index contributed by atoms with van der Waals surface area (Å²) in [5.74, 6) is 1.18. The van der Waals surface area contributed by atoms with E-state index in [0.29, 0.717) is 11.6 Å². The Morgan fingerprint density at radius 2 is 2.06 bits per heavy atom. The molecule has 0 saturated carbocycles. The SMILES string of the molecule is Cc1ccnc(Oc2ccccc2CO)c1. The molecule has 0 fully saturated rings. The fourth-order valence-corrected chi connectivity index (χ4v) is 1.41. The second-order valence-corrected chi connectivity index (χ2v) is 3.54.